The van der Waals surface area contributed by atoms with E-state index in [4.69, 9.17) is 9.73 Å². The van der Waals surface area contributed by atoms with Crippen molar-refractivity contribution in [1.29, 1.82) is 0 Å². The molecule has 1 aromatic carbocycles. The summed E-state index contributed by atoms with van der Waals surface area (Å²) < 4.78 is 5.91. The van der Waals surface area contributed by atoms with Gasteiger partial charge in [0.2, 0.25) is 5.90 Å². The molecule has 1 aliphatic carbocycles. The van der Waals surface area contributed by atoms with Crippen LogP contribution in [0.25, 0.3) is 5.57 Å². The maximum absolute atomic E-state index is 5.91. The van der Waals surface area contributed by atoms with Gasteiger partial charge in [-0.15, -0.1) is 6.58 Å². The number of aliphatic imine (C=N–C) groups is 1. The summed E-state index contributed by atoms with van der Waals surface area (Å²) in [6, 6.07) is 8.96. The van der Waals surface area contributed by atoms with Gasteiger partial charge in [0.15, 0.2) is 0 Å². The van der Waals surface area contributed by atoms with Crippen LogP contribution in [-0.2, 0) is 4.74 Å². The van der Waals surface area contributed by atoms with E-state index in [0.29, 0.717) is 18.6 Å². The molecule has 1 aliphatic heterocycles. The molecule has 0 N–H and O–H groups in total. The maximum atomic E-state index is 5.91. The fraction of sp³-hybridized carbons (Fsp3) is 0.450. The minimum Gasteiger partial charge on any atom is -0.475 e. The van der Waals surface area contributed by atoms with Crippen molar-refractivity contribution in [2.75, 3.05) is 20.2 Å². The molecular weight excluding hydrogens is 284 g/mol. The maximum Gasteiger partial charge on any atom is 0.217 e. The molecule has 0 amide bonds. The first-order valence-corrected chi connectivity index (χ1v) is 8.28. The Labute approximate surface area is 139 Å². The van der Waals surface area contributed by atoms with Crippen LogP contribution in [0.4, 0.5) is 0 Å². The highest BCUT2D eigenvalue weighted by molar-refractivity contribution is 6.21. The number of hydrogen-bond acceptors (Lipinski definition) is 3. The first-order chi connectivity index (χ1) is 10.9. The van der Waals surface area contributed by atoms with E-state index >= 15 is 0 Å². The van der Waals surface area contributed by atoms with Crippen molar-refractivity contribution in [3.63, 3.8) is 0 Å². The van der Waals surface area contributed by atoms with Crippen molar-refractivity contribution in [1.82, 2.24) is 4.90 Å². The van der Waals surface area contributed by atoms with Crippen molar-refractivity contribution >= 4 is 11.5 Å². The Bertz CT molecular complexity index is 672. The molecule has 0 bridgehead atoms. The summed E-state index contributed by atoms with van der Waals surface area (Å²) in [4.78, 5) is 7.13. The molecule has 3 rings (SSSR count). The molecule has 122 valence electrons. The Morgan fingerprint density at radius 3 is 2.78 bits per heavy atom. The zero-order chi connectivity index (χ0) is 16.6. The Kier molecular flexibility index (Phi) is 4.15. The van der Waals surface area contributed by atoms with Gasteiger partial charge in [-0.1, -0.05) is 43.3 Å². The fourth-order valence-corrected chi connectivity index (χ4v) is 3.59. The minimum atomic E-state index is -0.134. The predicted octanol–water partition coefficient (Wildman–Crippen LogP) is 4.09. The smallest absolute Gasteiger partial charge is 0.217 e. The van der Waals surface area contributed by atoms with Gasteiger partial charge in [-0.25, -0.2) is 4.99 Å². The summed E-state index contributed by atoms with van der Waals surface area (Å²) in [5.41, 5.74) is 3.59. The Morgan fingerprint density at radius 2 is 2.13 bits per heavy atom. The molecule has 1 heterocycles. The molecule has 2 aliphatic rings. The van der Waals surface area contributed by atoms with Crippen LogP contribution >= 0.6 is 0 Å². The average molecular weight is 310 g/mol. The van der Waals surface area contributed by atoms with Crippen LogP contribution in [0.2, 0.25) is 0 Å². The summed E-state index contributed by atoms with van der Waals surface area (Å²) in [5, 5.41) is 0. The normalized spacial score (nSPS) is 25.4. The van der Waals surface area contributed by atoms with Crippen molar-refractivity contribution < 1.29 is 4.74 Å². The number of likely N-dealkylation sites (N-methyl/N-ethyl adjacent to an activating group) is 1. The van der Waals surface area contributed by atoms with Crippen molar-refractivity contribution in [3.05, 3.63) is 54.1 Å². The Morgan fingerprint density at radius 1 is 1.39 bits per heavy atom. The summed E-state index contributed by atoms with van der Waals surface area (Å²) in [5.74, 6) is 1.18. The van der Waals surface area contributed by atoms with Gasteiger partial charge < -0.3 is 4.74 Å². The van der Waals surface area contributed by atoms with E-state index < -0.39 is 0 Å². The van der Waals surface area contributed by atoms with E-state index in [9.17, 15) is 0 Å². The summed E-state index contributed by atoms with van der Waals surface area (Å²) in [6.45, 7) is 11.9. The number of benzene rings is 1. The predicted molar refractivity (Wildman–Crippen MR) is 96.6 cm³/mol. The standard InChI is InChI=1S/C20H26N2O/c1-6-11-22(5)18-14(2)12-17(15-9-7-8-10-16(15)18)19-21-20(3,4)13-23-19/h6-10,12,14,18H,1,11,13H2,2-5H3/t14-,18+/m0/s1. The molecule has 0 fully saturated rings. The molecule has 23 heavy (non-hydrogen) atoms. The number of fused-ring (bicyclic) bond motifs is 1. The highest BCUT2D eigenvalue weighted by Gasteiger charge is 2.35. The van der Waals surface area contributed by atoms with Gasteiger partial charge >= 0.3 is 0 Å². The third-order valence-corrected chi connectivity index (χ3v) is 4.59. The third-order valence-electron chi connectivity index (χ3n) is 4.59. The number of ether oxygens (including phenoxy) is 1. The van der Waals surface area contributed by atoms with Gasteiger partial charge in [-0.2, -0.15) is 0 Å². The Balaban J connectivity index is 2.05. The molecule has 1 aromatic rings. The van der Waals surface area contributed by atoms with Crippen LogP contribution in [0.3, 0.4) is 0 Å². The van der Waals surface area contributed by atoms with E-state index in [1.165, 1.54) is 11.1 Å². The lowest BCUT2D eigenvalue weighted by molar-refractivity contribution is 0.225. The van der Waals surface area contributed by atoms with Crippen LogP contribution in [0.15, 0.2) is 48.0 Å². The average Bonchev–Trinajstić information content (AvgIpc) is 2.86. The monoisotopic (exact) mass is 310 g/mol. The first kappa shape index (κ1) is 16.0. The second kappa shape index (κ2) is 5.97. The van der Waals surface area contributed by atoms with Crippen molar-refractivity contribution in [3.8, 4) is 0 Å². The van der Waals surface area contributed by atoms with E-state index in [0.717, 1.165) is 18.0 Å². The second-order valence-electron chi connectivity index (χ2n) is 7.22. The van der Waals surface area contributed by atoms with Crippen LogP contribution in [-0.4, -0.2) is 36.5 Å². The van der Waals surface area contributed by atoms with E-state index in [1.54, 1.807) is 0 Å². The molecule has 0 saturated heterocycles. The Hall–Kier alpha value is -1.87. The van der Waals surface area contributed by atoms with Gasteiger partial charge in [0.25, 0.3) is 0 Å². The molecular formula is C20H26N2O. The molecule has 0 radical (unpaired) electrons. The molecule has 2 atom stereocenters. The number of hydrogen-bond donors (Lipinski definition) is 0. The van der Waals surface area contributed by atoms with Crippen molar-refractivity contribution in [2.45, 2.75) is 32.4 Å². The lowest BCUT2D eigenvalue weighted by Crippen LogP contribution is -2.32. The molecule has 3 nitrogen and oxygen atoms in total. The lowest BCUT2D eigenvalue weighted by atomic mass is 9.80. The SMILES string of the molecule is C=CCN(C)[C@H]1c2ccccc2C(C2=NC(C)(C)CO2)=C[C@@H]1C. The summed E-state index contributed by atoms with van der Waals surface area (Å²) in [7, 11) is 2.16. The molecule has 0 saturated carbocycles. The van der Waals surface area contributed by atoms with Crippen LogP contribution in [0.5, 0.6) is 0 Å². The number of rotatable bonds is 4. The number of nitrogens with zero attached hydrogens (tertiary/aromatic N) is 2. The van der Waals surface area contributed by atoms with E-state index in [1.807, 2.05) is 6.08 Å². The zero-order valence-corrected chi connectivity index (χ0v) is 14.5. The van der Waals surface area contributed by atoms with Gasteiger partial charge in [0.1, 0.15) is 6.61 Å². The fourth-order valence-electron chi connectivity index (χ4n) is 3.59. The zero-order valence-electron chi connectivity index (χ0n) is 14.5. The first-order valence-electron chi connectivity index (χ1n) is 8.28. The van der Waals surface area contributed by atoms with Gasteiger partial charge in [-0.3, -0.25) is 4.90 Å². The van der Waals surface area contributed by atoms with Gasteiger partial charge in [0.05, 0.1) is 5.54 Å². The topological polar surface area (TPSA) is 24.8 Å². The quantitative estimate of drug-likeness (QED) is 0.783. The van der Waals surface area contributed by atoms with Gasteiger partial charge in [-0.05, 0) is 37.9 Å². The van der Waals surface area contributed by atoms with E-state index in [2.05, 4.69) is 69.6 Å². The molecule has 3 heteroatoms. The summed E-state index contributed by atoms with van der Waals surface area (Å²) in [6.07, 6.45) is 4.27. The molecule has 0 unspecified atom stereocenters. The summed E-state index contributed by atoms with van der Waals surface area (Å²) >= 11 is 0. The van der Waals surface area contributed by atoms with Gasteiger partial charge in [0, 0.05) is 18.2 Å². The largest absolute Gasteiger partial charge is 0.475 e. The highest BCUT2D eigenvalue weighted by atomic mass is 16.5. The van der Waals surface area contributed by atoms with Crippen LogP contribution in [0.1, 0.15) is 37.9 Å². The van der Waals surface area contributed by atoms with Crippen LogP contribution < -0.4 is 0 Å². The van der Waals surface area contributed by atoms with E-state index in [-0.39, 0.29) is 5.54 Å². The van der Waals surface area contributed by atoms with Crippen LogP contribution in [0, 0.1) is 5.92 Å². The molecule has 0 aromatic heterocycles. The second-order valence-corrected chi connectivity index (χ2v) is 7.22. The highest BCUT2D eigenvalue weighted by Crippen LogP contribution is 2.41. The molecule has 0 spiro atoms. The lowest BCUT2D eigenvalue weighted by Gasteiger charge is -2.36. The van der Waals surface area contributed by atoms with Crippen molar-refractivity contribution in [2.24, 2.45) is 10.9 Å². The third kappa shape index (κ3) is 2.98. The minimum absolute atomic E-state index is 0.134.